The lowest BCUT2D eigenvalue weighted by atomic mass is 10.1. The molecule has 0 saturated heterocycles. The van der Waals surface area contributed by atoms with Gasteiger partial charge in [0, 0.05) is 30.2 Å². The molecule has 4 aromatic rings. The van der Waals surface area contributed by atoms with Gasteiger partial charge in [0.2, 0.25) is 10.0 Å². The van der Waals surface area contributed by atoms with Crippen LogP contribution in [0.15, 0.2) is 85.2 Å². The summed E-state index contributed by atoms with van der Waals surface area (Å²) in [6, 6.07) is 22.3. The highest BCUT2D eigenvalue weighted by molar-refractivity contribution is 7.92. The quantitative estimate of drug-likeness (QED) is 0.399. The maximum Gasteiger partial charge on any atom is 0.251 e. The van der Waals surface area contributed by atoms with Gasteiger partial charge in [-0.05, 0) is 66.9 Å². The number of sulfonamides is 1. The zero-order valence-electron chi connectivity index (χ0n) is 20.0. The van der Waals surface area contributed by atoms with E-state index in [1.54, 1.807) is 36.5 Å². The number of carbonyl (C=O) groups is 1. The summed E-state index contributed by atoms with van der Waals surface area (Å²) in [6.45, 7) is 4.46. The molecule has 0 aliphatic carbocycles. The fraction of sp³-hybridized carbons (Fsp3) is 0.185. The topological polar surface area (TPSA) is 84.3 Å². The number of nitrogens with one attached hydrogen (secondary N) is 1. The molecule has 35 heavy (non-hydrogen) atoms. The van der Waals surface area contributed by atoms with Crippen molar-refractivity contribution in [3.63, 3.8) is 0 Å². The van der Waals surface area contributed by atoms with E-state index in [1.165, 1.54) is 10.6 Å². The summed E-state index contributed by atoms with van der Waals surface area (Å²) in [5.74, 6) is 0.720. The highest BCUT2D eigenvalue weighted by Gasteiger charge is 2.18. The first-order valence-electron chi connectivity index (χ1n) is 11.2. The minimum absolute atomic E-state index is 0.187. The van der Waals surface area contributed by atoms with Crippen LogP contribution in [0.25, 0.3) is 5.69 Å². The largest absolute Gasteiger partial charge is 0.348 e. The average Bonchev–Trinajstić information content (AvgIpc) is 3.26. The molecular formula is C27H28N4O3S. The first kappa shape index (κ1) is 24.2. The molecule has 180 valence electrons. The lowest BCUT2D eigenvalue weighted by molar-refractivity contribution is 0.0951. The van der Waals surface area contributed by atoms with Gasteiger partial charge in [-0.1, -0.05) is 36.4 Å². The van der Waals surface area contributed by atoms with Crippen LogP contribution in [0.1, 0.15) is 32.9 Å². The monoisotopic (exact) mass is 488 g/mol. The molecule has 0 fully saturated rings. The lowest BCUT2D eigenvalue weighted by Gasteiger charge is -2.23. The van der Waals surface area contributed by atoms with Crippen molar-refractivity contribution in [1.82, 2.24) is 14.9 Å². The number of aryl methyl sites for hydroxylation is 2. The molecule has 7 nitrogen and oxygen atoms in total. The molecule has 0 radical (unpaired) electrons. The number of hydrogen-bond acceptors (Lipinski definition) is 4. The van der Waals surface area contributed by atoms with Gasteiger partial charge < -0.3 is 9.88 Å². The van der Waals surface area contributed by atoms with Crippen LogP contribution in [-0.2, 0) is 23.1 Å². The van der Waals surface area contributed by atoms with Crippen molar-refractivity contribution in [3.05, 3.63) is 113 Å². The van der Waals surface area contributed by atoms with Crippen LogP contribution in [0.3, 0.4) is 0 Å². The Labute approximate surface area is 206 Å². The highest BCUT2D eigenvalue weighted by atomic mass is 32.2. The van der Waals surface area contributed by atoms with Gasteiger partial charge in [0.05, 0.1) is 18.5 Å². The van der Waals surface area contributed by atoms with Gasteiger partial charge in [-0.25, -0.2) is 13.4 Å². The van der Waals surface area contributed by atoms with E-state index in [1.807, 2.05) is 67.1 Å². The first-order valence-corrected chi connectivity index (χ1v) is 13.1. The van der Waals surface area contributed by atoms with Crippen molar-refractivity contribution in [2.75, 3.05) is 10.6 Å². The number of amides is 1. The molecule has 1 heterocycles. The highest BCUT2D eigenvalue weighted by Crippen LogP contribution is 2.22. The van der Waals surface area contributed by atoms with Gasteiger partial charge >= 0.3 is 0 Å². The molecule has 0 atom stereocenters. The van der Waals surface area contributed by atoms with Gasteiger partial charge in [0.1, 0.15) is 5.82 Å². The SMILES string of the molecule is Cc1cccc(N(Cc2ccc(C(=O)NCc3ccc(-n4ccnc4C)cc3)cc2)S(C)(=O)=O)c1. The number of imidazole rings is 1. The van der Waals surface area contributed by atoms with E-state index in [0.29, 0.717) is 17.8 Å². The van der Waals surface area contributed by atoms with E-state index in [0.717, 1.165) is 28.2 Å². The number of benzene rings is 3. The zero-order chi connectivity index (χ0) is 25.0. The number of nitrogens with zero attached hydrogens (tertiary/aromatic N) is 3. The van der Waals surface area contributed by atoms with Crippen LogP contribution in [0.2, 0.25) is 0 Å². The maximum absolute atomic E-state index is 12.6. The van der Waals surface area contributed by atoms with Gasteiger partial charge in [-0.2, -0.15) is 0 Å². The molecule has 4 rings (SSSR count). The fourth-order valence-corrected chi connectivity index (χ4v) is 4.70. The van der Waals surface area contributed by atoms with E-state index in [2.05, 4.69) is 10.3 Å². The van der Waals surface area contributed by atoms with Crippen molar-refractivity contribution < 1.29 is 13.2 Å². The Morgan fingerprint density at radius 2 is 1.66 bits per heavy atom. The van der Waals surface area contributed by atoms with E-state index < -0.39 is 10.0 Å². The molecule has 0 bridgehead atoms. The minimum Gasteiger partial charge on any atom is -0.348 e. The van der Waals surface area contributed by atoms with Crippen molar-refractivity contribution in [2.24, 2.45) is 0 Å². The second-order valence-electron chi connectivity index (χ2n) is 8.50. The lowest BCUT2D eigenvalue weighted by Crippen LogP contribution is -2.29. The molecule has 1 N–H and O–H groups in total. The van der Waals surface area contributed by atoms with Gasteiger partial charge in [-0.15, -0.1) is 0 Å². The maximum atomic E-state index is 12.6. The van der Waals surface area contributed by atoms with Crippen LogP contribution in [0, 0.1) is 13.8 Å². The summed E-state index contributed by atoms with van der Waals surface area (Å²) in [7, 11) is -3.47. The molecular weight excluding hydrogens is 460 g/mol. The predicted molar refractivity (Wildman–Crippen MR) is 138 cm³/mol. The normalized spacial score (nSPS) is 11.3. The van der Waals surface area contributed by atoms with Crippen molar-refractivity contribution in [1.29, 1.82) is 0 Å². The van der Waals surface area contributed by atoms with Crippen molar-refractivity contribution in [2.45, 2.75) is 26.9 Å². The minimum atomic E-state index is -3.47. The summed E-state index contributed by atoms with van der Waals surface area (Å²) in [5.41, 5.74) is 4.90. The van der Waals surface area contributed by atoms with Crippen LogP contribution in [-0.4, -0.2) is 30.1 Å². The zero-order valence-corrected chi connectivity index (χ0v) is 20.8. The van der Waals surface area contributed by atoms with Crippen molar-refractivity contribution >= 4 is 21.6 Å². The second kappa shape index (κ2) is 10.1. The van der Waals surface area contributed by atoms with E-state index in [4.69, 9.17) is 0 Å². The van der Waals surface area contributed by atoms with E-state index in [9.17, 15) is 13.2 Å². The fourth-order valence-electron chi connectivity index (χ4n) is 3.82. The third-order valence-electron chi connectivity index (χ3n) is 5.73. The predicted octanol–water partition coefficient (Wildman–Crippen LogP) is 4.39. The molecule has 0 spiro atoms. The van der Waals surface area contributed by atoms with Crippen LogP contribution in [0.5, 0.6) is 0 Å². The Kier molecular flexibility index (Phi) is 7.02. The summed E-state index contributed by atoms with van der Waals surface area (Å²) in [4.78, 5) is 16.9. The van der Waals surface area contributed by atoms with E-state index in [-0.39, 0.29) is 12.5 Å². The van der Waals surface area contributed by atoms with Crippen LogP contribution in [0.4, 0.5) is 5.69 Å². The summed E-state index contributed by atoms with van der Waals surface area (Å²) in [6.07, 6.45) is 4.86. The molecule has 3 aromatic carbocycles. The number of rotatable bonds is 8. The molecule has 0 saturated carbocycles. The third-order valence-corrected chi connectivity index (χ3v) is 6.87. The smallest absolute Gasteiger partial charge is 0.251 e. The van der Waals surface area contributed by atoms with Crippen molar-refractivity contribution in [3.8, 4) is 5.69 Å². The Morgan fingerprint density at radius 1 is 0.971 bits per heavy atom. The van der Waals surface area contributed by atoms with Gasteiger partial charge in [0.15, 0.2) is 0 Å². The summed E-state index contributed by atoms with van der Waals surface area (Å²) in [5, 5.41) is 2.93. The molecule has 8 heteroatoms. The average molecular weight is 489 g/mol. The third kappa shape index (κ3) is 5.96. The standard InChI is InChI=1S/C27H28N4O3S/c1-20-5-4-6-26(17-20)31(35(3,33)34)19-23-7-11-24(12-8-23)27(32)29-18-22-9-13-25(14-10-22)30-16-15-28-21(30)2/h4-17H,18-19H2,1-3H3,(H,29,32). The molecule has 1 amide bonds. The number of aromatic nitrogens is 2. The summed E-state index contributed by atoms with van der Waals surface area (Å²) >= 11 is 0. The first-order chi connectivity index (χ1) is 16.7. The Balaban J connectivity index is 1.39. The van der Waals surface area contributed by atoms with E-state index >= 15 is 0 Å². The Hall–Kier alpha value is -3.91. The van der Waals surface area contributed by atoms with Crippen LogP contribution >= 0.6 is 0 Å². The molecule has 0 aliphatic rings. The van der Waals surface area contributed by atoms with Crippen LogP contribution < -0.4 is 9.62 Å². The van der Waals surface area contributed by atoms with Gasteiger partial charge in [0.25, 0.3) is 5.91 Å². The number of anilines is 1. The Morgan fingerprint density at radius 3 is 2.26 bits per heavy atom. The molecule has 0 unspecified atom stereocenters. The number of carbonyl (C=O) groups excluding carboxylic acids is 1. The second-order valence-corrected chi connectivity index (χ2v) is 10.4. The number of hydrogen-bond donors (Lipinski definition) is 1. The summed E-state index contributed by atoms with van der Waals surface area (Å²) < 4.78 is 28.2. The van der Waals surface area contributed by atoms with Gasteiger partial charge in [-0.3, -0.25) is 9.10 Å². The molecule has 0 aliphatic heterocycles. The Bertz CT molecular complexity index is 1430. The molecule has 1 aromatic heterocycles.